The third-order valence-electron chi connectivity index (χ3n) is 6.61. The fourth-order valence-corrected chi connectivity index (χ4v) is 5.90. The van der Waals surface area contributed by atoms with Crippen LogP contribution >= 0.6 is 0 Å². The van der Waals surface area contributed by atoms with E-state index in [2.05, 4.69) is 10.3 Å². The summed E-state index contributed by atoms with van der Waals surface area (Å²) in [6.07, 6.45) is 3.27. The van der Waals surface area contributed by atoms with E-state index in [1.165, 1.54) is 12.1 Å². The van der Waals surface area contributed by atoms with Gasteiger partial charge in [-0.05, 0) is 84.8 Å². The molecule has 0 atom stereocenters. The molecule has 0 unspecified atom stereocenters. The highest BCUT2D eigenvalue weighted by molar-refractivity contribution is 7.89. The number of nitrogens with zero attached hydrogens (tertiary/aromatic N) is 1. The molecule has 4 rings (SSSR count). The first-order chi connectivity index (χ1) is 16.2. The van der Waals surface area contributed by atoms with Gasteiger partial charge in [0.15, 0.2) is 0 Å². The van der Waals surface area contributed by atoms with Gasteiger partial charge in [-0.15, -0.1) is 0 Å². The predicted molar refractivity (Wildman–Crippen MR) is 133 cm³/mol. The van der Waals surface area contributed by atoms with Crippen LogP contribution in [0, 0.1) is 5.82 Å². The lowest BCUT2D eigenvalue weighted by Crippen LogP contribution is -2.38. The van der Waals surface area contributed by atoms with Crippen LogP contribution in [0.1, 0.15) is 54.1 Å². The fourth-order valence-electron chi connectivity index (χ4n) is 4.77. The second-order valence-electron chi connectivity index (χ2n) is 8.76. The third kappa shape index (κ3) is 4.87. The molecule has 0 aliphatic carbocycles. The van der Waals surface area contributed by atoms with E-state index < -0.39 is 15.9 Å². The highest BCUT2D eigenvalue weighted by Gasteiger charge is 2.29. The van der Waals surface area contributed by atoms with Crippen LogP contribution in [0.2, 0.25) is 0 Å². The minimum absolute atomic E-state index is 0.0967. The number of nitrogens with two attached hydrogens (primary N) is 1. The van der Waals surface area contributed by atoms with E-state index in [9.17, 15) is 17.6 Å². The molecule has 1 amide bonds. The Morgan fingerprint density at radius 1 is 1.15 bits per heavy atom. The Balaban J connectivity index is 1.74. The maximum Gasteiger partial charge on any atom is 0.250 e. The standard InChI is InChI=1S/C25H31FN4O3S/c1-3-28-14-16-9-18(11-20(26)10-16)19-12-21-23(15-29-24(21)22(13-19)25(27)31)17-5-7-30(8-6-17)34(32,33)4-2/h9-13,15,17,28-29H,3-8,14H2,1-2H3,(H2,27,31). The van der Waals surface area contributed by atoms with E-state index in [0.29, 0.717) is 54.7 Å². The second-order valence-corrected chi connectivity index (χ2v) is 11.0. The molecule has 3 aromatic rings. The lowest BCUT2D eigenvalue weighted by Gasteiger charge is -2.31. The molecule has 1 aliphatic heterocycles. The Morgan fingerprint density at radius 2 is 1.85 bits per heavy atom. The Hall–Kier alpha value is -2.75. The molecule has 0 saturated carbocycles. The van der Waals surface area contributed by atoms with Gasteiger partial charge in [-0.3, -0.25) is 4.79 Å². The van der Waals surface area contributed by atoms with Crippen molar-refractivity contribution in [3.05, 3.63) is 59.0 Å². The number of piperidine rings is 1. The number of primary amides is 1. The van der Waals surface area contributed by atoms with Crippen molar-refractivity contribution in [2.45, 2.75) is 39.2 Å². The summed E-state index contributed by atoms with van der Waals surface area (Å²) in [5, 5.41) is 4.07. The van der Waals surface area contributed by atoms with Crippen LogP contribution in [0.15, 0.2) is 36.5 Å². The van der Waals surface area contributed by atoms with Crippen LogP contribution in [0.3, 0.4) is 0 Å². The van der Waals surface area contributed by atoms with Crippen molar-refractivity contribution in [1.82, 2.24) is 14.6 Å². The largest absolute Gasteiger partial charge is 0.366 e. The monoisotopic (exact) mass is 486 g/mol. The van der Waals surface area contributed by atoms with Gasteiger partial charge in [-0.1, -0.05) is 6.92 Å². The summed E-state index contributed by atoms with van der Waals surface area (Å²) >= 11 is 0. The summed E-state index contributed by atoms with van der Waals surface area (Å²) in [4.78, 5) is 15.5. The van der Waals surface area contributed by atoms with Crippen molar-refractivity contribution in [2.75, 3.05) is 25.4 Å². The summed E-state index contributed by atoms with van der Waals surface area (Å²) in [5.41, 5.74) is 9.94. The molecule has 2 aromatic carbocycles. The number of carbonyl (C=O) groups is 1. The van der Waals surface area contributed by atoms with Gasteiger partial charge in [0.25, 0.3) is 5.91 Å². The number of H-pyrrole nitrogens is 1. The van der Waals surface area contributed by atoms with Crippen molar-refractivity contribution in [3.63, 3.8) is 0 Å². The van der Waals surface area contributed by atoms with Crippen LogP contribution in [0.4, 0.5) is 4.39 Å². The molecule has 0 radical (unpaired) electrons. The minimum atomic E-state index is -3.21. The summed E-state index contributed by atoms with van der Waals surface area (Å²) in [5.74, 6) is -0.664. The van der Waals surface area contributed by atoms with Crippen molar-refractivity contribution >= 4 is 26.8 Å². The van der Waals surface area contributed by atoms with E-state index in [-0.39, 0.29) is 17.5 Å². The number of aromatic nitrogens is 1. The minimum Gasteiger partial charge on any atom is -0.366 e. The number of amides is 1. The van der Waals surface area contributed by atoms with Gasteiger partial charge in [0.05, 0.1) is 16.8 Å². The molecule has 4 N–H and O–H groups in total. The van der Waals surface area contributed by atoms with Crippen molar-refractivity contribution in [2.24, 2.45) is 5.73 Å². The van der Waals surface area contributed by atoms with Gasteiger partial charge in [0.2, 0.25) is 10.0 Å². The average Bonchev–Trinajstić information content (AvgIpc) is 3.25. The summed E-state index contributed by atoms with van der Waals surface area (Å²) < 4.78 is 40.4. The zero-order valence-electron chi connectivity index (χ0n) is 19.5. The molecule has 7 nitrogen and oxygen atoms in total. The van der Waals surface area contributed by atoms with Gasteiger partial charge < -0.3 is 16.0 Å². The molecule has 2 heterocycles. The lowest BCUT2D eigenvalue weighted by atomic mass is 9.88. The normalized spacial score (nSPS) is 15.7. The maximum atomic E-state index is 14.4. The van der Waals surface area contributed by atoms with E-state index in [1.807, 2.05) is 25.3 Å². The first-order valence-electron chi connectivity index (χ1n) is 11.7. The van der Waals surface area contributed by atoms with Crippen molar-refractivity contribution in [3.8, 4) is 11.1 Å². The predicted octanol–water partition coefficient (Wildman–Crippen LogP) is 3.71. The first kappa shape index (κ1) is 24.4. The van der Waals surface area contributed by atoms with Crippen molar-refractivity contribution in [1.29, 1.82) is 0 Å². The Kier molecular flexibility index (Phi) is 7.06. The number of nitrogens with one attached hydrogen (secondary N) is 2. The molecular formula is C25H31FN4O3S. The van der Waals surface area contributed by atoms with Crippen LogP contribution in [0.25, 0.3) is 22.0 Å². The number of carbonyl (C=O) groups excluding carboxylic acids is 1. The number of hydrogen-bond acceptors (Lipinski definition) is 4. The fraction of sp³-hybridized carbons (Fsp3) is 0.400. The van der Waals surface area contributed by atoms with E-state index >= 15 is 0 Å². The van der Waals surface area contributed by atoms with Crippen LogP contribution in [-0.4, -0.2) is 49.0 Å². The smallest absolute Gasteiger partial charge is 0.250 e. The number of halogens is 1. The molecule has 0 spiro atoms. The number of benzene rings is 2. The number of rotatable bonds is 8. The Morgan fingerprint density at radius 3 is 2.50 bits per heavy atom. The number of aromatic amines is 1. The van der Waals surface area contributed by atoms with Crippen molar-refractivity contribution < 1.29 is 17.6 Å². The second kappa shape index (κ2) is 9.85. The van der Waals surface area contributed by atoms with Gasteiger partial charge in [0.1, 0.15) is 5.82 Å². The molecule has 1 aromatic heterocycles. The van der Waals surface area contributed by atoms with Gasteiger partial charge in [-0.25, -0.2) is 17.1 Å². The van der Waals surface area contributed by atoms with E-state index in [1.54, 1.807) is 17.3 Å². The molecule has 1 fully saturated rings. The molecule has 9 heteroatoms. The quantitative estimate of drug-likeness (QED) is 0.451. The van der Waals surface area contributed by atoms with E-state index in [4.69, 9.17) is 5.73 Å². The van der Waals surface area contributed by atoms with Gasteiger partial charge >= 0.3 is 0 Å². The SMILES string of the molecule is CCNCc1cc(F)cc(-c2cc(C(N)=O)c3[nH]cc(C4CCN(S(=O)(=O)CC)CC4)c3c2)c1. The average molecular weight is 487 g/mol. The Labute approximate surface area is 199 Å². The molecular weight excluding hydrogens is 455 g/mol. The Bertz CT molecular complexity index is 1310. The summed E-state index contributed by atoms with van der Waals surface area (Å²) in [6, 6.07) is 8.54. The molecule has 34 heavy (non-hydrogen) atoms. The topological polar surface area (TPSA) is 108 Å². The van der Waals surface area contributed by atoms with Crippen LogP contribution in [0.5, 0.6) is 0 Å². The number of hydrogen-bond donors (Lipinski definition) is 3. The van der Waals surface area contributed by atoms with Gasteiger partial charge in [-0.2, -0.15) is 0 Å². The number of sulfonamides is 1. The zero-order chi connectivity index (χ0) is 24.5. The van der Waals surface area contributed by atoms with E-state index in [0.717, 1.165) is 23.1 Å². The van der Waals surface area contributed by atoms with Gasteiger partial charge in [0, 0.05) is 31.2 Å². The summed E-state index contributed by atoms with van der Waals surface area (Å²) in [7, 11) is -3.21. The maximum absolute atomic E-state index is 14.4. The third-order valence-corrected chi connectivity index (χ3v) is 8.49. The highest BCUT2D eigenvalue weighted by atomic mass is 32.2. The summed E-state index contributed by atoms with van der Waals surface area (Å²) in [6.45, 7) is 5.89. The van der Waals surface area contributed by atoms with Crippen LogP contribution in [-0.2, 0) is 16.6 Å². The first-order valence-corrected chi connectivity index (χ1v) is 13.3. The highest BCUT2D eigenvalue weighted by Crippen LogP contribution is 2.37. The zero-order valence-corrected chi connectivity index (χ0v) is 20.3. The molecule has 1 aliphatic rings. The number of fused-ring (bicyclic) bond motifs is 1. The molecule has 1 saturated heterocycles. The lowest BCUT2D eigenvalue weighted by molar-refractivity contribution is 0.100. The molecule has 0 bridgehead atoms. The van der Waals surface area contributed by atoms with Crippen LogP contribution < -0.4 is 11.1 Å². The molecule has 182 valence electrons.